The third-order valence-corrected chi connectivity index (χ3v) is 7.75. The standard InChI is InChI=1S/C24H29F2N7OS/c1-35-23-30-20-18(25)3-2-4-19(20)33(23)17-5-9-32(10-6-17)21(34)24(26)7-11-31(12-8-24)15-16-13-28-22(27)29-14-16/h2-4,13-14,17H,5-12,15H2,1H3,(H2,27,28,29). The number of imidazole rings is 1. The minimum Gasteiger partial charge on any atom is -0.368 e. The zero-order valence-electron chi connectivity index (χ0n) is 19.7. The van der Waals surface area contributed by atoms with E-state index in [2.05, 4.69) is 24.4 Å². The summed E-state index contributed by atoms with van der Waals surface area (Å²) in [4.78, 5) is 29.4. The lowest BCUT2D eigenvalue weighted by Crippen LogP contribution is -2.53. The van der Waals surface area contributed by atoms with Crippen LogP contribution in [0.4, 0.5) is 14.7 Å². The number of hydrogen-bond donors (Lipinski definition) is 1. The number of para-hydroxylation sites is 1. The number of alkyl halides is 1. The second kappa shape index (κ2) is 9.69. The van der Waals surface area contributed by atoms with Crippen LogP contribution in [0.1, 0.15) is 37.3 Å². The largest absolute Gasteiger partial charge is 0.368 e. The Morgan fingerprint density at radius 3 is 2.51 bits per heavy atom. The van der Waals surface area contributed by atoms with Gasteiger partial charge in [-0.25, -0.2) is 23.7 Å². The molecule has 0 aliphatic carbocycles. The fourth-order valence-electron chi connectivity index (χ4n) is 5.15. The van der Waals surface area contributed by atoms with E-state index in [1.165, 1.54) is 17.8 Å². The molecule has 11 heteroatoms. The summed E-state index contributed by atoms with van der Waals surface area (Å²) in [6.07, 6.45) is 6.98. The Kier molecular flexibility index (Phi) is 6.63. The summed E-state index contributed by atoms with van der Waals surface area (Å²) in [6.45, 7) is 2.54. The van der Waals surface area contributed by atoms with Crippen LogP contribution in [-0.2, 0) is 11.3 Å². The van der Waals surface area contributed by atoms with Crippen LogP contribution in [0, 0.1) is 5.82 Å². The number of fused-ring (bicyclic) bond motifs is 1. The summed E-state index contributed by atoms with van der Waals surface area (Å²) in [5.74, 6) is -0.514. The monoisotopic (exact) mass is 501 g/mol. The van der Waals surface area contributed by atoms with Crippen molar-refractivity contribution in [3.63, 3.8) is 0 Å². The van der Waals surface area contributed by atoms with Crippen LogP contribution < -0.4 is 5.73 Å². The molecule has 1 aromatic carbocycles. The van der Waals surface area contributed by atoms with Gasteiger partial charge in [0.2, 0.25) is 5.95 Å². The molecule has 2 aliphatic rings. The number of thioether (sulfide) groups is 1. The quantitative estimate of drug-likeness (QED) is 0.536. The maximum atomic E-state index is 15.7. The van der Waals surface area contributed by atoms with E-state index in [0.717, 1.165) is 16.2 Å². The highest BCUT2D eigenvalue weighted by molar-refractivity contribution is 7.98. The van der Waals surface area contributed by atoms with Gasteiger partial charge in [0, 0.05) is 69.6 Å². The van der Waals surface area contributed by atoms with Gasteiger partial charge in [-0.1, -0.05) is 17.8 Å². The van der Waals surface area contributed by atoms with Gasteiger partial charge in [-0.2, -0.15) is 0 Å². The van der Waals surface area contributed by atoms with Crippen LogP contribution in [0.2, 0.25) is 0 Å². The first-order valence-electron chi connectivity index (χ1n) is 11.9. The molecule has 186 valence electrons. The molecule has 0 saturated carbocycles. The molecule has 1 amide bonds. The van der Waals surface area contributed by atoms with Gasteiger partial charge in [0.15, 0.2) is 16.6 Å². The van der Waals surface area contributed by atoms with Crippen molar-refractivity contribution in [2.75, 3.05) is 38.2 Å². The molecule has 0 unspecified atom stereocenters. The van der Waals surface area contributed by atoms with Crippen molar-refractivity contribution in [1.82, 2.24) is 29.3 Å². The Labute approximate surface area is 206 Å². The molecule has 0 radical (unpaired) electrons. The van der Waals surface area contributed by atoms with E-state index in [1.54, 1.807) is 23.4 Å². The van der Waals surface area contributed by atoms with Gasteiger partial charge in [0.25, 0.3) is 5.91 Å². The first-order valence-corrected chi connectivity index (χ1v) is 13.1. The van der Waals surface area contributed by atoms with E-state index >= 15 is 4.39 Å². The summed E-state index contributed by atoms with van der Waals surface area (Å²) in [6, 6.07) is 5.08. The second-order valence-electron chi connectivity index (χ2n) is 9.29. The highest BCUT2D eigenvalue weighted by atomic mass is 32.2. The molecule has 35 heavy (non-hydrogen) atoms. The number of likely N-dealkylation sites (tertiary alicyclic amines) is 2. The zero-order chi connectivity index (χ0) is 24.6. The van der Waals surface area contributed by atoms with Crippen molar-refractivity contribution in [3.8, 4) is 0 Å². The molecule has 0 bridgehead atoms. The van der Waals surface area contributed by atoms with Crippen molar-refractivity contribution in [2.45, 2.75) is 49.1 Å². The van der Waals surface area contributed by atoms with Crippen molar-refractivity contribution in [3.05, 3.63) is 42.0 Å². The average molecular weight is 502 g/mol. The van der Waals surface area contributed by atoms with Gasteiger partial charge < -0.3 is 15.2 Å². The number of aromatic nitrogens is 4. The van der Waals surface area contributed by atoms with Crippen LogP contribution in [0.15, 0.2) is 35.7 Å². The fraction of sp³-hybridized carbons (Fsp3) is 0.500. The average Bonchev–Trinajstić information content (AvgIpc) is 3.27. The van der Waals surface area contributed by atoms with Crippen LogP contribution in [-0.4, -0.2) is 73.3 Å². The maximum Gasteiger partial charge on any atom is 0.260 e. The van der Waals surface area contributed by atoms with Gasteiger partial charge in [-0.15, -0.1) is 0 Å². The molecule has 0 atom stereocenters. The van der Waals surface area contributed by atoms with Crippen LogP contribution in [0.3, 0.4) is 0 Å². The Morgan fingerprint density at radius 2 is 1.86 bits per heavy atom. The number of anilines is 1. The topological polar surface area (TPSA) is 93.2 Å². The van der Waals surface area contributed by atoms with E-state index in [-0.39, 0.29) is 30.6 Å². The second-order valence-corrected chi connectivity index (χ2v) is 10.1. The summed E-state index contributed by atoms with van der Waals surface area (Å²) < 4.78 is 32.1. The van der Waals surface area contributed by atoms with E-state index in [1.807, 2.05) is 12.3 Å². The van der Waals surface area contributed by atoms with Crippen molar-refractivity contribution < 1.29 is 13.6 Å². The molecule has 0 spiro atoms. The predicted octanol–water partition coefficient (Wildman–Crippen LogP) is 3.44. The number of carbonyl (C=O) groups is 1. The fourth-order valence-corrected chi connectivity index (χ4v) is 5.78. The third kappa shape index (κ3) is 4.71. The van der Waals surface area contributed by atoms with E-state index < -0.39 is 11.6 Å². The molecule has 2 aliphatic heterocycles. The Morgan fingerprint density at radius 1 is 1.17 bits per heavy atom. The van der Waals surface area contributed by atoms with Gasteiger partial charge in [-0.3, -0.25) is 9.69 Å². The highest BCUT2D eigenvalue weighted by Gasteiger charge is 2.45. The number of halogens is 2. The number of piperidine rings is 2. The Balaban J connectivity index is 1.20. The predicted molar refractivity (Wildman–Crippen MR) is 131 cm³/mol. The third-order valence-electron chi connectivity index (χ3n) is 7.10. The molecule has 2 N–H and O–H groups in total. The molecule has 4 heterocycles. The van der Waals surface area contributed by atoms with Crippen molar-refractivity contribution in [1.29, 1.82) is 0 Å². The number of carbonyl (C=O) groups excluding carboxylic acids is 1. The first-order chi connectivity index (χ1) is 16.9. The van der Waals surface area contributed by atoms with Gasteiger partial charge in [-0.05, 0) is 31.2 Å². The lowest BCUT2D eigenvalue weighted by Gasteiger charge is -2.40. The number of rotatable bonds is 5. The van der Waals surface area contributed by atoms with Crippen LogP contribution in [0.5, 0.6) is 0 Å². The van der Waals surface area contributed by atoms with E-state index in [9.17, 15) is 9.18 Å². The highest BCUT2D eigenvalue weighted by Crippen LogP contribution is 2.35. The van der Waals surface area contributed by atoms with Crippen LogP contribution >= 0.6 is 11.8 Å². The minimum absolute atomic E-state index is 0.0906. The molecule has 2 saturated heterocycles. The molecule has 5 rings (SSSR count). The molecule has 8 nitrogen and oxygen atoms in total. The zero-order valence-corrected chi connectivity index (χ0v) is 20.5. The maximum absolute atomic E-state index is 15.7. The number of benzene rings is 1. The van der Waals surface area contributed by atoms with Gasteiger partial charge in [0.1, 0.15) is 5.52 Å². The number of amides is 1. The Bertz CT molecular complexity index is 1200. The number of nitrogen functional groups attached to an aromatic ring is 1. The molecule has 2 fully saturated rings. The Hall–Kier alpha value is -2.79. The van der Waals surface area contributed by atoms with Gasteiger partial charge in [0.05, 0.1) is 5.52 Å². The number of nitrogens with zero attached hydrogens (tertiary/aromatic N) is 6. The lowest BCUT2D eigenvalue weighted by atomic mass is 9.90. The summed E-state index contributed by atoms with van der Waals surface area (Å²) in [5, 5.41) is 0.760. The first kappa shape index (κ1) is 23.9. The van der Waals surface area contributed by atoms with Crippen molar-refractivity contribution in [2.24, 2.45) is 0 Å². The van der Waals surface area contributed by atoms with Crippen molar-refractivity contribution >= 4 is 34.7 Å². The SMILES string of the molecule is CSc1nc2c(F)cccc2n1C1CCN(C(=O)C2(F)CCN(Cc3cnc(N)nc3)CC2)CC1. The van der Waals surface area contributed by atoms with Gasteiger partial charge >= 0.3 is 0 Å². The lowest BCUT2D eigenvalue weighted by molar-refractivity contribution is -0.149. The van der Waals surface area contributed by atoms with E-state index in [4.69, 9.17) is 5.73 Å². The molecule has 2 aromatic heterocycles. The summed E-state index contributed by atoms with van der Waals surface area (Å²) >= 11 is 1.48. The number of hydrogen-bond acceptors (Lipinski definition) is 7. The smallest absolute Gasteiger partial charge is 0.260 e. The summed E-state index contributed by atoms with van der Waals surface area (Å²) in [7, 11) is 0. The molecular weight excluding hydrogens is 472 g/mol. The summed E-state index contributed by atoms with van der Waals surface area (Å²) in [5.41, 5.74) is 5.74. The molecular formula is C24H29F2N7OS. The minimum atomic E-state index is -1.84. The van der Waals surface area contributed by atoms with Crippen LogP contribution in [0.25, 0.3) is 11.0 Å². The number of nitrogens with two attached hydrogens (primary N) is 1. The molecule has 3 aromatic rings. The van der Waals surface area contributed by atoms with E-state index in [0.29, 0.717) is 51.1 Å². The normalized spacial score (nSPS) is 19.3.